The van der Waals surface area contributed by atoms with Crippen molar-refractivity contribution in [2.24, 2.45) is 0 Å². The average molecular weight is 225 g/mol. The molecule has 0 aromatic carbocycles. The highest BCUT2D eigenvalue weighted by molar-refractivity contribution is 6.31. The van der Waals surface area contributed by atoms with Gasteiger partial charge in [-0.3, -0.25) is 10.1 Å². The van der Waals surface area contributed by atoms with Gasteiger partial charge < -0.3 is 4.42 Å². The van der Waals surface area contributed by atoms with E-state index in [4.69, 9.17) is 16.0 Å². The van der Waals surface area contributed by atoms with Crippen molar-refractivity contribution in [3.05, 3.63) is 45.8 Å². The van der Waals surface area contributed by atoms with Gasteiger partial charge in [0.15, 0.2) is 5.76 Å². The van der Waals surface area contributed by atoms with Crippen LogP contribution < -0.4 is 0 Å². The van der Waals surface area contributed by atoms with E-state index < -0.39 is 4.92 Å². The molecule has 2 heterocycles. The van der Waals surface area contributed by atoms with E-state index in [1.807, 2.05) is 0 Å². The van der Waals surface area contributed by atoms with Gasteiger partial charge in [0.2, 0.25) is 5.15 Å². The summed E-state index contributed by atoms with van der Waals surface area (Å²) in [5, 5.41) is 10.3. The van der Waals surface area contributed by atoms with Gasteiger partial charge in [-0.2, -0.15) is 0 Å². The van der Waals surface area contributed by atoms with E-state index in [0.29, 0.717) is 11.5 Å². The lowest BCUT2D eigenvalue weighted by atomic mass is 10.3. The number of pyridine rings is 1. The number of furan rings is 1. The Balaban J connectivity index is 2.47. The molecule has 15 heavy (non-hydrogen) atoms. The number of halogens is 1. The maximum atomic E-state index is 10.5. The number of hydrogen-bond acceptors (Lipinski definition) is 4. The van der Waals surface area contributed by atoms with E-state index in [-0.39, 0.29) is 10.8 Å². The van der Waals surface area contributed by atoms with Crippen molar-refractivity contribution in [2.75, 3.05) is 0 Å². The molecule has 0 atom stereocenters. The summed E-state index contributed by atoms with van der Waals surface area (Å²) in [5.41, 5.74) is 0.252. The second kappa shape index (κ2) is 3.70. The van der Waals surface area contributed by atoms with E-state index in [9.17, 15) is 10.1 Å². The van der Waals surface area contributed by atoms with Crippen LogP contribution in [-0.4, -0.2) is 9.91 Å². The third-order valence-electron chi connectivity index (χ3n) is 1.80. The molecule has 2 rings (SSSR count). The zero-order valence-electron chi connectivity index (χ0n) is 7.38. The SMILES string of the molecule is O=[N+]([O-])c1ccc(-c2ccco2)nc1Cl. The Kier molecular flexibility index (Phi) is 2.39. The maximum Gasteiger partial charge on any atom is 0.306 e. The molecular formula is C9H5ClN2O3. The van der Waals surface area contributed by atoms with Crippen LogP contribution in [0.2, 0.25) is 5.15 Å². The molecule has 0 N–H and O–H groups in total. The number of aromatic nitrogens is 1. The first-order chi connectivity index (χ1) is 7.18. The van der Waals surface area contributed by atoms with Crippen LogP contribution in [0.1, 0.15) is 0 Å². The highest BCUT2D eigenvalue weighted by Gasteiger charge is 2.15. The molecule has 0 fully saturated rings. The van der Waals surface area contributed by atoms with E-state index in [1.165, 1.54) is 18.4 Å². The summed E-state index contributed by atoms with van der Waals surface area (Å²) in [6.45, 7) is 0. The van der Waals surface area contributed by atoms with E-state index in [0.717, 1.165) is 0 Å². The molecule has 6 heteroatoms. The second-order valence-electron chi connectivity index (χ2n) is 2.74. The summed E-state index contributed by atoms with van der Waals surface area (Å²) in [4.78, 5) is 13.8. The molecule has 0 bridgehead atoms. The van der Waals surface area contributed by atoms with Gasteiger partial charge >= 0.3 is 5.69 Å². The Hall–Kier alpha value is -1.88. The highest BCUT2D eigenvalue weighted by Crippen LogP contribution is 2.26. The number of nitrogens with zero attached hydrogens (tertiary/aromatic N) is 2. The third-order valence-corrected chi connectivity index (χ3v) is 2.08. The van der Waals surface area contributed by atoms with Crippen LogP contribution in [0.25, 0.3) is 11.5 Å². The zero-order chi connectivity index (χ0) is 10.8. The van der Waals surface area contributed by atoms with Crippen molar-refractivity contribution in [3.8, 4) is 11.5 Å². The molecule has 0 saturated carbocycles. The fourth-order valence-corrected chi connectivity index (χ4v) is 1.35. The second-order valence-corrected chi connectivity index (χ2v) is 3.10. The topological polar surface area (TPSA) is 69.2 Å². The number of hydrogen-bond donors (Lipinski definition) is 0. The van der Waals surface area contributed by atoms with Gasteiger partial charge in [0, 0.05) is 6.07 Å². The minimum Gasteiger partial charge on any atom is -0.463 e. The maximum absolute atomic E-state index is 10.5. The van der Waals surface area contributed by atoms with E-state index in [1.54, 1.807) is 12.1 Å². The molecule has 2 aromatic rings. The van der Waals surface area contributed by atoms with Crippen molar-refractivity contribution in [1.29, 1.82) is 0 Å². The Labute approximate surface area is 89.5 Å². The molecule has 76 valence electrons. The molecule has 5 nitrogen and oxygen atoms in total. The predicted molar refractivity (Wildman–Crippen MR) is 53.6 cm³/mol. The number of nitro groups is 1. The summed E-state index contributed by atoms with van der Waals surface area (Å²) in [6.07, 6.45) is 1.49. The van der Waals surface area contributed by atoms with E-state index in [2.05, 4.69) is 4.98 Å². The van der Waals surface area contributed by atoms with Crippen molar-refractivity contribution in [1.82, 2.24) is 4.98 Å². The Morgan fingerprint density at radius 2 is 2.20 bits per heavy atom. The fourth-order valence-electron chi connectivity index (χ4n) is 1.12. The first-order valence-electron chi connectivity index (χ1n) is 4.03. The van der Waals surface area contributed by atoms with Crippen LogP contribution in [0.15, 0.2) is 34.9 Å². The largest absolute Gasteiger partial charge is 0.463 e. The smallest absolute Gasteiger partial charge is 0.306 e. The zero-order valence-corrected chi connectivity index (χ0v) is 8.14. The van der Waals surface area contributed by atoms with Crippen LogP contribution in [-0.2, 0) is 0 Å². The van der Waals surface area contributed by atoms with Crippen LogP contribution in [0.3, 0.4) is 0 Å². The molecule has 0 saturated heterocycles. The quantitative estimate of drug-likeness (QED) is 0.447. The van der Waals surface area contributed by atoms with Gasteiger partial charge in [0.25, 0.3) is 0 Å². The normalized spacial score (nSPS) is 10.2. The van der Waals surface area contributed by atoms with Gasteiger partial charge in [0.1, 0.15) is 5.69 Å². The predicted octanol–water partition coefficient (Wildman–Crippen LogP) is 2.90. The molecule has 0 amide bonds. The van der Waals surface area contributed by atoms with Crippen LogP contribution >= 0.6 is 11.6 Å². The molecular weight excluding hydrogens is 220 g/mol. The third kappa shape index (κ3) is 1.82. The average Bonchev–Trinajstić information content (AvgIpc) is 2.69. The summed E-state index contributed by atoms with van der Waals surface area (Å²) in [6, 6.07) is 6.19. The van der Waals surface area contributed by atoms with Crippen molar-refractivity contribution < 1.29 is 9.34 Å². The van der Waals surface area contributed by atoms with Gasteiger partial charge in [-0.1, -0.05) is 11.6 Å². The van der Waals surface area contributed by atoms with Crippen molar-refractivity contribution in [3.63, 3.8) is 0 Å². The standard InChI is InChI=1S/C9H5ClN2O3/c10-9-7(12(13)14)4-3-6(11-9)8-2-1-5-15-8/h1-5H. The summed E-state index contributed by atoms with van der Waals surface area (Å²) >= 11 is 5.65. The van der Waals surface area contributed by atoms with Gasteiger partial charge in [-0.25, -0.2) is 4.98 Å². The Bertz CT molecular complexity index is 496. The Morgan fingerprint density at radius 1 is 1.40 bits per heavy atom. The van der Waals surface area contributed by atoms with Gasteiger partial charge in [-0.05, 0) is 18.2 Å². The lowest BCUT2D eigenvalue weighted by Gasteiger charge is -1.97. The summed E-state index contributed by atoms with van der Waals surface area (Å²) in [5.74, 6) is 0.520. The molecule has 0 unspecified atom stereocenters. The van der Waals surface area contributed by atoms with Gasteiger partial charge in [-0.15, -0.1) is 0 Å². The van der Waals surface area contributed by atoms with Crippen LogP contribution in [0.4, 0.5) is 5.69 Å². The first-order valence-corrected chi connectivity index (χ1v) is 4.41. The highest BCUT2D eigenvalue weighted by atomic mass is 35.5. The monoisotopic (exact) mass is 224 g/mol. The molecule has 2 aromatic heterocycles. The number of rotatable bonds is 2. The molecule has 0 spiro atoms. The molecule has 0 aliphatic carbocycles. The fraction of sp³-hybridized carbons (Fsp3) is 0. The molecule has 0 aliphatic rings. The van der Waals surface area contributed by atoms with Crippen LogP contribution in [0.5, 0.6) is 0 Å². The first kappa shape index (κ1) is 9.67. The van der Waals surface area contributed by atoms with E-state index >= 15 is 0 Å². The van der Waals surface area contributed by atoms with Gasteiger partial charge in [0.05, 0.1) is 11.2 Å². The van der Waals surface area contributed by atoms with Crippen molar-refractivity contribution >= 4 is 17.3 Å². The lowest BCUT2D eigenvalue weighted by Crippen LogP contribution is -1.92. The summed E-state index contributed by atoms with van der Waals surface area (Å²) in [7, 11) is 0. The lowest BCUT2D eigenvalue weighted by molar-refractivity contribution is -0.385. The minimum atomic E-state index is -0.582. The molecule has 0 aliphatic heterocycles. The Morgan fingerprint density at radius 3 is 2.73 bits per heavy atom. The van der Waals surface area contributed by atoms with Crippen LogP contribution in [0, 0.1) is 10.1 Å². The molecule has 0 radical (unpaired) electrons. The van der Waals surface area contributed by atoms with Crippen molar-refractivity contribution in [2.45, 2.75) is 0 Å². The summed E-state index contributed by atoms with van der Waals surface area (Å²) < 4.78 is 5.08. The minimum absolute atomic E-state index is 0.145.